The lowest BCUT2D eigenvalue weighted by Crippen LogP contribution is -2.49. The molecule has 35 heavy (non-hydrogen) atoms. The van der Waals surface area contributed by atoms with Crippen LogP contribution in [0.5, 0.6) is 0 Å². The molecule has 0 aromatic heterocycles. The topological polar surface area (TPSA) is 179 Å². The van der Waals surface area contributed by atoms with Gasteiger partial charge in [0.15, 0.2) is 0 Å². The minimum absolute atomic E-state index is 0.0421. The third-order valence-corrected chi connectivity index (χ3v) is 7.03. The lowest BCUT2D eigenvalue weighted by atomic mass is 9.83. The largest absolute Gasteiger partial charge is 0.480 e. The molecular weight excluding hydrogens is 474 g/mol. The maximum Gasteiger partial charge on any atom is 0.322 e. The number of aliphatic hydroxyl groups excluding tert-OH is 1. The molecule has 2 aromatic carbocycles. The number of carbonyl (C=O) groups is 4. The first kappa shape index (κ1) is 26.2. The number of benzene rings is 2. The molecule has 0 saturated carbocycles. The van der Waals surface area contributed by atoms with Crippen molar-refractivity contribution in [3.05, 3.63) is 59.7 Å². The maximum atomic E-state index is 12.6. The number of aliphatic carboxylic acids is 2. The molecule has 0 saturated heterocycles. The standard InChI is InChI=1S/C24H27N3O7S/c25-17(24(33)34)9-10-19(28)27-18(23(32)26-11-20(29)30)12-35-22-16-8-4-2-6-14(16)13-5-1-3-7-15(13)21(22)31/h1-8,17-18,21-22,31H,9-12,25H2,(H,26,32)(H,27,28)(H,29,30)(H,33,34)/t17-,18-,21+,22+/m0/s1. The van der Waals surface area contributed by atoms with Crippen LogP contribution in [-0.2, 0) is 19.2 Å². The van der Waals surface area contributed by atoms with Gasteiger partial charge in [0.25, 0.3) is 0 Å². The number of rotatable bonds is 11. The van der Waals surface area contributed by atoms with Crippen molar-refractivity contribution >= 4 is 35.5 Å². The highest BCUT2D eigenvalue weighted by molar-refractivity contribution is 7.99. The van der Waals surface area contributed by atoms with Gasteiger partial charge in [0.1, 0.15) is 18.6 Å². The first-order chi connectivity index (χ1) is 16.7. The van der Waals surface area contributed by atoms with E-state index in [4.69, 9.17) is 15.9 Å². The van der Waals surface area contributed by atoms with Crippen molar-refractivity contribution in [2.75, 3.05) is 12.3 Å². The van der Waals surface area contributed by atoms with Gasteiger partial charge in [-0.25, -0.2) is 0 Å². The first-order valence-electron chi connectivity index (χ1n) is 10.9. The van der Waals surface area contributed by atoms with Gasteiger partial charge < -0.3 is 31.7 Å². The van der Waals surface area contributed by atoms with E-state index in [0.717, 1.165) is 22.3 Å². The summed E-state index contributed by atoms with van der Waals surface area (Å²) in [7, 11) is 0. The molecular formula is C24H27N3O7S. The smallest absolute Gasteiger partial charge is 0.322 e. The number of aliphatic hydroxyl groups is 1. The zero-order valence-corrected chi connectivity index (χ0v) is 19.5. The van der Waals surface area contributed by atoms with Gasteiger partial charge in [0.2, 0.25) is 11.8 Å². The third-order valence-electron chi connectivity index (χ3n) is 5.63. The molecule has 1 aliphatic rings. The molecule has 0 heterocycles. The summed E-state index contributed by atoms with van der Waals surface area (Å²) >= 11 is 1.26. The van der Waals surface area contributed by atoms with Crippen LogP contribution < -0.4 is 16.4 Å². The highest BCUT2D eigenvalue weighted by Gasteiger charge is 2.34. The Morgan fingerprint density at radius 1 is 0.971 bits per heavy atom. The fraction of sp³-hybridized carbons (Fsp3) is 0.333. The molecule has 0 aliphatic heterocycles. The number of carbonyl (C=O) groups excluding carboxylic acids is 2. The Morgan fingerprint density at radius 2 is 1.57 bits per heavy atom. The van der Waals surface area contributed by atoms with Gasteiger partial charge in [0.05, 0.1) is 11.4 Å². The van der Waals surface area contributed by atoms with Crippen LogP contribution in [0, 0.1) is 0 Å². The van der Waals surface area contributed by atoms with Crippen molar-refractivity contribution in [3.8, 4) is 11.1 Å². The van der Waals surface area contributed by atoms with Crippen molar-refractivity contribution in [2.24, 2.45) is 5.73 Å². The maximum absolute atomic E-state index is 12.6. The van der Waals surface area contributed by atoms with Crippen LogP contribution in [0.4, 0.5) is 0 Å². The first-order valence-corrected chi connectivity index (χ1v) is 12.0. The molecule has 10 nitrogen and oxygen atoms in total. The summed E-state index contributed by atoms with van der Waals surface area (Å²) in [6.07, 6.45) is -1.20. The predicted octanol–water partition coefficient (Wildman–Crippen LogP) is 1.05. The molecule has 2 aromatic rings. The summed E-state index contributed by atoms with van der Waals surface area (Å²) in [6, 6.07) is 12.8. The Hall–Kier alpha value is -3.41. The Morgan fingerprint density at radius 3 is 2.20 bits per heavy atom. The molecule has 11 heteroatoms. The number of thioether (sulfide) groups is 1. The van der Waals surface area contributed by atoms with Gasteiger partial charge in [-0.15, -0.1) is 11.8 Å². The molecule has 4 atom stereocenters. The van der Waals surface area contributed by atoms with Crippen molar-refractivity contribution < 1.29 is 34.5 Å². The van der Waals surface area contributed by atoms with E-state index >= 15 is 0 Å². The SMILES string of the molecule is N[C@@H](CCC(=O)N[C@@H](CS[C@@H]1c2ccccc2-c2ccccc2[C@H]1O)C(=O)NCC(=O)O)C(=O)O. The molecule has 2 amide bonds. The number of fused-ring (bicyclic) bond motifs is 3. The third kappa shape index (κ3) is 6.59. The molecule has 0 unspecified atom stereocenters. The number of nitrogens with two attached hydrogens (primary N) is 1. The van der Waals surface area contributed by atoms with Gasteiger partial charge >= 0.3 is 11.9 Å². The molecule has 1 aliphatic carbocycles. The number of amides is 2. The predicted molar refractivity (Wildman–Crippen MR) is 129 cm³/mol. The summed E-state index contributed by atoms with van der Waals surface area (Å²) in [5, 5.41) is 33.2. The Kier molecular flexibility index (Phi) is 8.85. The van der Waals surface area contributed by atoms with Crippen LogP contribution >= 0.6 is 11.8 Å². The lowest BCUT2D eigenvalue weighted by Gasteiger charge is -2.33. The van der Waals surface area contributed by atoms with Crippen LogP contribution in [0.1, 0.15) is 35.3 Å². The molecule has 186 valence electrons. The second-order valence-electron chi connectivity index (χ2n) is 8.09. The van der Waals surface area contributed by atoms with Crippen LogP contribution in [0.25, 0.3) is 11.1 Å². The van der Waals surface area contributed by atoms with E-state index in [-0.39, 0.29) is 18.6 Å². The normalized spacial score (nSPS) is 17.9. The average Bonchev–Trinajstić information content (AvgIpc) is 2.84. The van der Waals surface area contributed by atoms with E-state index in [1.165, 1.54) is 11.8 Å². The van der Waals surface area contributed by atoms with Crippen LogP contribution in [0.2, 0.25) is 0 Å². The van der Waals surface area contributed by atoms with E-state index in [2.05, 4.69) is 10.6 Å². The number of nitrogens with one attached hydrogen (secondary N) is 2. The van der Waals surface area contributed by atoms with Gasteiger partial charge in [-0.1, -0.05) is 48.5 Å². The number of carboxylic acids is 2. The van der Waals surface area contributed by atoms with E-state index in [1.54, 1.807) is 0 Å². The number of hydrogen-bond donors (Lipinski definition) is 6. The monoisotopic (exact) mass is 501 g/mol. The Balaban J connectivity index is 1.76. The molecule has 3 rings (SSSR count). The summed E-state index contributed by atoms with van der Waals surface area (Å²) in [5.74, 6) is -3.73. The van der Waals surface area contributed by atoms with Gasteiger partial charge in [-0.2, -0.15) is 0 Å². The highest BCUT2D eigenvalue weighted by Crippen LogP contribution is 2.50. The molecule has 7 N–H and O–H groups in total. The quantitative estimate of drug-likeness (QED) is 0.262. The van der Waals surface area contributed by atoms with E-state index < -0.39 is 53.7 Å². The highest BCUT2D eigenvalue weighted by atomic mass is 32.2. The van der Waals surface area contributed by atoms with Crippen LogP contribution in [0.3, 0.4) is 0 Å². The number of hydrogen-bond acceptors (Lipinski definition) is 7. The Labute approximate surface area is 205 Å². The minimum Gasteiger partial charge on any atom is -0.480 e. The zero-order chi connectivity index (χ0) is 25.5. The second-order valence-corrected chi connectivity index (χ2v) is 9.26. The van der Waals surface area contributed by atoms with Crippen molar-refractivity contribution in [2.45, 2.75) is 36.3 Å². The van der Waals surface area contributed by atoms with Crippen LogP contribution in [0.15, 0.2) is 48.5 Å². The summed E-state index contributed by atoms with van der Waals surface area (Å²) in [4.78, 5) is 46.8. The zero-order valence-electron chi connectivity index (χ0n) is 18.7. The van der Waals surface area contributed by atoms with Gasteiger partial charge in [-0.05, 0) is 28.7 Å². The molecule has 0 fully saturated rings. The Bertz CT molecular complexity index is 1110. The fourth-order valence-corrected chi connectivity index (χ4v) is 5.20. The van der Waals surface area contributed by atoms with Gasteiger partial charge in [0, 0.05) is 12.2 Å². The minimum atomic E-state index is -1.24. The van der Waals surface area contributed by atoms with Crippen molar-refractivity contribution in [3.63, 3.8) is 0 Å². The number of carboxylic acid groups (broad SMARTS) is 2. The lowest BCUT2D eigenvalue weighted by molar-refractivity contribution is -0.139. The average molecular weight is 502 g/mol. The summed E-state index contributed by atoms with van der Waals surface area (Å²) in [5.41, 5.74) is 8.95. The summed E-state index contributed by atoms with van der Waals surface area (Å²) < 4.78 is 0. The van der Waals surface area contributed by atoms with E-state index in [9.17, 15) is 24.3 Å². The van der Waals surface area contributed by atoms with Crippen molar-refractivity contribution in [1.82, 2.24) is 10.6 Å². The second kappa shape index (κ2) is 11.8. The fourth-order valence-electron chi connectivity index (χ4n) is 3.85. The van der Waals surface area contributed by atoms with E-state index in [1.807, 2.05) is 48.5 Å². The van der Waals surface area contributed by atoms with Gasteiger partial charge in [-0.3, -0.25) is 19.2 Å². The van der Waals surface area contributed by atoms with E-state index in [0.29, 0.717) is 0 Å². The molecule has 0 radical (unpaired) electrons. The molecule has 0 spiro atoms. The molecule has 0 bridgehead atoms. The van der Waals surface area contributed by atoms with Crippen molar-refractivity contribution in [1.29, 1.82) is 0 Å². The summed E-state index contributed by atoms with van der Waals surface area (Å²) in [6.45, 7) is -0.623. The van der Waals surface area contributed by atoms with Crippen LogP contribution in [-0.4, -0.2) is 63.5 Å².